The number of rotatable bonds is 9. The minimum atomic E-state index is -2.32. The standard InChI is InChI=1S/C14H31O2PS2/c1-9-12(4)19-17(18,15-13(5,6)10-2)16-14(7,8)11-3/h12H,9-11H2,1-8H3. The van der Waals surface area contributed by atoms with E-state index in [4.69, 9.17) is 20.9 Å². The smallest absolute Gasteiger partial charge is 0.248 e. The van der Waals surface area contributed by atoms with Crippen LogP contribution in [-0.4, -0.2) is 16.5 Å². The van der Waals surface area contributed by atoms with Gasteiger partial charge >= 0.3 is 0 Å². The average Bonchev–Trinajstić information content (AvgIpc) is 2.26. The summed E-state index contributed by atoms with van der Waals surface area (Å²) in [6, 6.07) is 0. The molecule has 0 aromatic heterocycles. The van der Waals surface area contributed by atoms with E-state index in [1.807, 2.05) is 0 Å². The maximum atomic E-state index is 6.25. The molecule has 0 spiro atoms. The van der Waals surface area contributed by atoms with Crippen LogP contribution in [0.1, 0.15) is 74.7 Å². The van der Waals surface area contributed by atoms with Crippen molar-refractivity contribution in [2.45, 2.75) is 91.1 Å². The lowest BCUT2D eigenvalue weighted by Crippen LogP contribution is -2.26. The molecular formula is C14H31O2PS2. The average molecular weight is 327 g/mol. The Kier molecular flexibility index (Phi) is 8.17. The van der Waals surface area contributed by atoms with Crippen molar-refractivity contribution in [2.75, 3.05) is 0 Å². The van der Waals surface area contributed by atoms with E-state index in [9.17, 15) is 0 Å². The molecule has 0 N–H and O–H groups in total. The summed E-state index contributed by atoms with van der Waals surface area (Å²) >= 11 is 7.52. The highest BCUT2D eigenvalue weighted by Gasteiger charge is 2.35. The first-order chi connectivity index (χ1) is 8.49. The fourth-order valence-corrected chi connectivity index (χ4v) is 9.04. The Balaban J connectivity index is 5.08. The van der Waals surface area contributed by atoms with Crippen LogP contribution in [0.25, 0.3) is 0 Å². The Hall–Kier alpha value is 0.920. The summed E-state index contributed by atoms with van der Waals surface area (Å²) < 4.78 is 12.5. The van der Waals surface area contributed by atoms with Gasteiger partial charge in [-0.1, -0.05) is 39.1 Å². The van der Waals surface area contributed by atoms with Crippen LogP contribution in [-0.2, 0) is 20.9 Å². The zero-order chi connectivity index (χ0) is 15.3. The molecule has 0 fully saturated rings. The summed E-state index contributed by atoms with van der Waals surface area (Å²) in [6.45, 7) is 17.0. The van der Waals surface area contributed by atoms with Crippen LogP contribution >= 0.6 is 17.1 Å². The van der Waals surface area contributed by atoms with Crippen molar-refractivity contribution in [3.63, 3.8) is 0 Å². The van der Waals surface area contributed by atoms with Gasteiger partial charge in [-0.15, -0.1) is 0 Å². The molecule has 0 saturated carbocycles. The summed E-state index contributed by atoms with van der Waals surface area (Å²) in [5.74, 6) is 0. The van der Waals surface area contributed by atoms with Crippen LogP contribution in [0.5, 0.6) is 0 Å². The Morgan fingerprint density at radius 3 is 1.63 bits per heavy atom. The van der Waals surface area contributed by atoms with Crippen molar-refractivity contribution in [1.29, 1.82) is 0 Å². The van der Waals surface area contributed by atoms with Gasteiger partial charge < -0.3 is 9.05 Å². The maximum Gasteiger partial charge on any atom is 0.248 e. The molecule has 0 aromatic rings. The number of hydrogen-bond donors (Lipinski definition) is 0. The van der Waals surface area contributed by atoms with Crippen molar-refractivity contribution in [3.8, 4) is 0 Å². The summed E-state index contributed by atoms with van der Waals surface area (Å²) in [5.41, 5.74) is -2.76. The first-order valence-electron chi connectivity index (χ1n) is 7.19. The lowest BCUT2D eigenvalue weighted by Gasteiger charge is -2.37. The van der Waals surface area contributed by atoms with Gasteiger partial charge in [-0.25, -0.2) is 0 Å². The molecule has 1 atom stereocenters. The van der Waals surface area contributed by atoms with Gasteiger partial charge in [-0.2, -0.15) is 0 Å². The molecule has 19 heavy (non-hydrogen) atoms. The molecule has 0 saturated heterocycles. The van der Waals surface area contributed by atoms with Crippen molar-refractivity contribution < 1.29 is 9.05 Å². The van der Waals surface area contributed by atoms with E-state index < -0.39 is 5.69 Å². The summed E-state index contributed by atoms with van der Waals surface area (Å²) in [6.07, 6.45) is 2.94. The van der Waals surface area contributed by atoms with Gasteiger partial charge in [-0.3, -0.25) is 0 Å². The Bertz CT molecular complexity index is 295. The molecular weight excluding hydrogens is 295 g/mol. The van der Waals surface area contributed by atoms with E-state index in [0.717, 1.165) is 19.3 Å². The maximum absolute atomic E-state index is 6.25. The predicted molar refractivity (Wildman–Crippen MR) is 92.5 cm³/mol. The van der Waals surface area contributed by atoms with Gasteiger partial charge in [0.2, 0.25) is 5.69 Å². The van der Waals surface area contributed by atoms with Crippen LogP contribution in [0.2, 0.25) is 0 Å². The monoisotopic (exact) mass is 326 g/mol. The van der Waals surface area contributed by atoms with E-state index in [2.05, 4.69) is 55.4 Å². The van der Waals surface area contributed by atoms with Crippen molar-refractivity contribution in [3.05, 3.63) is 0 Å². The van der Waals surface area contributed by atoms with Gasteiger partial charge in [0.1, 0.15) is 0 Å². The van der Waals surface area contributed by atoms with Crippen LogP contribution in [0.15, 0.2) is 0 Å². The predicted octanol–water partition coefficient (Wildman–Crippen LogP) is 6.15. The van der Waals surface area contributed by atoms with Gasteiger partial charge in [0.05, 0.1) is 11.2 Å². The molecule has 5 heteroatoms. The van der Waals surface area contributed by atoms with E-state index >= 15 is 0 Å². The fourth-order valence-electron chi connectivity index (χ4n) is 1.09. The third-order valence-electron chi connectivity index (χ3n) is 3.30. The number of hydrogen-bond acceptors (Lipinski definition) is 4. The van der Waals surface area contributed by atoms with Crippen LogP contribution < -0.4 is 0 Å². The topological polar surface area (TPSA) is 18.5 Å². The Morgan fingerprint density at radius 2 is 1.37 bits per heavy atom. The van der Waals surface area contributed by atoms with E-state index in [1.165, 1.54) is 0 Å². The Labute approximate surface area is 129 Å². The summed E-state index contributed by atoms with van der Waals surface area (Å²) in [5, 5.41) is 0.464. The van der Waals surface area contributed by atoms with Crippen molar-refractivity contribution in [1.82, 2.24) is 0 Å². The van der Waals surface area contributed by atoms with E-state index in [-0.39, 0.29) is 11.2 Å². The third kappa shape index (κ3) is 8.06. The first-order valence-corrected chi connectivity index (χ1v) is 11.3. The summed E-state index contributed by atoms with van der Waals surface area (Å²) in [4.78, 5) is 0. The van der Waals surface area contributed by atoms with E-state index in [1.54, 1.807) is 11.4 Å². The lowest BCUT2D eigenvalue weighted by atomic mass is 10.1. The quantitative estimate of drug-likeness (QED) is 0.473. The van der Waals surface area contributed by atoms with E-state index in [0.29, 0.717) is 5.25 Å². The molecule has 2 nitrogen and oxygen atoms in total. The second kappa shape index (κ2) is 7.79. The molecule has 0 aliphatic heterocycles. The second-order valence-corrected chi connectivity index (χ2v) is 12.7. The highest BCUT2D eigenvalue weighted by molar-refractivity contribution is 8.68. The third-order valence-corrected chi connectivity index (χ3v) is 9.22. The van der Waals surface area contributed by atoms with Gasteiger partial charge in [-0.05, 0) is 58.8 Å². The molecule has 0 amide bonds. The zero-order valence-corrected chi connectivity index (χ0v) is 16.3. The normalized spacial score (nSPS) is 15.6. The minimum absolute atomic E-state index is 0.222. The molecule has 0 heterocycles. The molecule has 116 valence electrons. The molecule has 0 radical (unpaired) electrons. The largest absolute Gasteiger partial charge is 0.316 e. The van der Waals surface area contributed by atoms with Crippen molar-refractivity contribution >= 4 is 28.9 Å². The van der Waals surface area contributed by atoms with Crippen molar-refractivity contribution in [2.24, 2.45) is 0 Å². The molecule has 0 aliphatic rings. The lowest BCUT2D eigenvalue weighted by molar-refractivity contribution is 0.0562. The molecule has 0 aliphatic carbocycles. The van der Waals surface area contributed by atoms with Crippen LogP contribution in [0.3, 0.4) is 0 Å². The highest BCUT2D eigenvalue weighted by Crippen LogP contribution is 2.67. The minimum Gasteiger partial charge on any atom is -0.316 e. The fraction of sp³-hybridized carbons (Fsp3) is 1.00. The Morgan fingerprint density at radius 1 is 1.00 bits per heavy atom. The first kappa shape index (κ1) is 19.9. The molecule has 0 aromatic carbocycles. The zero-order valence-electron chi connectivity index (χ0n) is 13.8. The summed E-state index contributed by atoms with van der Waals surface area (Å²) in [7, 11) is 0. The van der Waals surface area contributed by atoms with Gasteiger partial charge in [0.25, 0.3) is 0 Å². The highest BCUT2D eigenvalue weighted by atomic mass is 32.9. The van der Waals surface area contributed by atoms with Crippen LogP contribution in [0.4, 0.5) is 0 Å². The van der Waals surface area contributed by atoms with Gasteiger partial charge in [0.15, 0.2) is 0 Å². The molecule has 1 unspecified atom stereocenters. The van der Waals surface area contributed by atoms with Gasteiger partial charge in [0, 0.05) is 5.25 Å². The van der Waals surface area contributed by atoms with Crippen LogP contribution in [0, 0.1) is 0 Å². The molecule has 0 bridgehead atoms. The second-order valence-electron chi connectivity index (χ2n) is 6.18. The SMILES string of the molecule is CCC(C)SP(=S)(OC(C)(C)CC)OC(C)(C)CC. The molecule has 0 rings (SSSR count).